The van der Waals surface area contributed by atoms with Gasteiger partial charge < -0.3 is 5.73 Å². The smallest absolute Gasteiger partial charge is 0.189 e. The summed E-state index contributed by atoms with van der Waals surface area (Å²) in [6, 6.07) is 0. The van der Waals surface area contributed by atoms with E-state index < -0.39 is 5.82 Å². The number of nitrogens with zero attached hydrogens (tertiary/aromatic N) is 3. The number of nitrogens with two attached hydrogens (primary N) is 1. The Morgan fingerprint density at radius 2 is 2.20 bits per heavy atom. The fraction of sp³-hybridized carbons (Fsp3) is 0.125. The average molecular weight is 245 g/mol. The molecule has 0 radical (unpaired) electrons. The summed E-state index contributed by atoms with van der Waals surface area (Å²) in [5.41, 5.74) is 5.74. The molecule has 0 spiro atoms. The summed E-state index contributed by atoms with van der Waals surface area (Å²) in [6.45, 7) is 0. The Bertz CT molecular complexity index is 534. The minimum Gasteiger partial charge on any atom is -0.383 e. The van der Waals surface area contributed by atoms with Crippen molar-refractivity contribution in [3.8, 4) is 0 Å². The molecular weight excluding hydrogens is 239 g/mol. The van der Waals surface area contributed by atoms with E-state index >= 15 is 0 Å². The Kier molecular flexibility index (Phi) is 2.62. The van der Waals surface area contributed by atoms with E-state index in [9.17, 15) is 4.39 Å². The zero-order valence-electron chi connectivity index (χ0n) is 7.66. The predicted octanol–water partition coefficient (Wildman–Crippen LogP) is 2.12. The highest BCUT2D eigenvalue weighted by Crippen LogP contribution is 2.25. The van der Waals surface area contributed by atoms with Crippen LogP contribution in [0.4, 0.5) is 10.2 Å². The molecule has 0 amide bonds. The highest BCUT2D eigenvalue weighted by atomic mass is 35.5. The van der Waals surface area contributed by atoms with Crippen molar-refractivity contribution >= 4 is 40.1 Å². The maximum Gasteiger partial charge on any atom is 0.189 e. The largest absolute Gasteiger partial charge is 0.383 e. The van der Waals surface area contributed by atoms with Gasteiger partial charge in [0.1, 0.15) is 11.3 Å². The van der Waals surface area contributed by atoms with Crippen LogP contribution in [0.1, 0.15) is 0 Å². The Balaban J connectivity index is 2.86. The molecular formula is C8H6ClFN4S. The number of aromatic nitrogens is 3. The number of rotatable bonds is 1. The topological polar surface area (TPSA) is 64.7 Å². The van der Waals surface area contributed by atoms with Gasteiger partial charge in [-0.25, -0.2) is 19.3 Å². The van der Waals surface area contributed by atoms with Crippen LogP contribution in [0.25, 0.3) is 10.9 Å². The number of hydrogen-bond acceptors (Lipinski definition) is 5. The average Bonchev–Trinajstić information content (AvgIpc) is 2.23. The highest BCUT2D eigenvalue weighted by molar-refractivity contribution is 7.98. The van der Waals surface area contributed by atoms with E-state index in [1.807, 2.05) is 0 Å². The van der Waals surface area contributed by atoms with Crippen molar-refractivity contribution in [1.29, 1.82) is 0 Å². The fourth-order valence-electron chi connectivity index (χ4n) is 1.13. The first-order chi connectivity index (χ1) is 7.13. The molecule has 0 aliphatic heterocycles. The third-order valence-corrected chi connectivity index (χ3v) is 2.64. The lowest BCUT2D eigenvalue weighted by Crippen LogP contribution is -1.99. The summed E-state index contributed by atoms with van der Waals surface area (Å²) in [5, 5.41) is 0.559. The zero-order chi connectivity index (χ0) is 11.0. The van der Waals surface area contributed by atoms with Gasteiger partial charge in [-0.05, 0) is 6.26 Å². The van der Waals surface area contributed by atoms with Crippen LogP contribution in [0.15, 0.2) is 11.4 Å². The number of hydrogen-bond donors (Lipinski definition) is 1. The molecule has 0 bridgehead atoms. The molecule has 78 valence electrons. The molecule has 0 unspecified atom stereocenters. The Labute approximate surface area is 94.1 Å². The van der Waals surface area contributed by atoms with Crippen molar-refractivity contribution in [2.75, 3.05) is 12.0 Å². The van der Waals surface area contributed by atoms with Crippen molar-refractivity contribution in [2.45, 2.75) is 5.16 Å². The van der Waals surface area contributed by atoms with Gasteiger partial charge in [-0.2, -0.15) is 0 Å². The van der Waals surface area contributed by atoms with Gasteiger partial charge in [0.15, 0.2) is 16.1 Å². The van der Waals surface area contributed by atoms with Gasteiger partial charge in [-0.15, -0.1) is 0 Å². The molecule has 2 N–H and O–H groups in total. The maximum atomic E-state index is 13.5. The van der Waals surface area contributed by atoms with E-state index in [-0.39, 0.29) is 16.5 Å². The molecule has 2 aromatic rings. The van der Waals surface area contributed by atoms with Gasteiger partial charge in [0.25, 0.3) is 0 Å². The van der Waals surface area contributed by atoms with Crippen molar-refractivity contribution < 1.29 is 4.39 Å². The highest BCUT2D eigenvalue weighted by Gasteiger charge is 2.12. The lowest BCUT2D eigenvalue weighted by molar-refractivity contribution is 0.629. The molecule has 15 heavy (non-hydrogen) atoms. The van der Waals surface area contributed by atoms with Crippen LogP contribution in [0.3, 0.4) is 0 Å². The molecule has 0 saturated carbocycles. The molecule has 0 aromatic carbocycles. The molecule has 0 aliphatic carbocycles. The molecule has 2 rings (SSSR count). The maximum absolute atomic E-state index is 13.5. The Hall–Kier alpha value is -1.14. The minimum atomic E-state index is -0.668. The Morgan fingerprint density at radius 1 is 1.47 bits per heavy atom. The van der Waals surface area contributed by atoms with Crippen LogP contribution < -0.4 is 5.73 Å². The second-order valence-corrected chi connectivity index (χ2v) is 3.85. The monoisotopic (exact) mass is 244 g/mol. The number of thioether (sulfide) groups is 1. The molecule has 7 heteroatoms. The van der Waals surface area contributed by atoms with Gasteiger partial charge >= 0.3 is 0 Å². The molecule has 0 aliphatic rings. The van der Waals surface area contributed by atoms with E-state index in [2.05, 4.69) is 15.0 Å². The van der Waals surface area contributed by atoms with Crippen molar-refractivity contribution in [1.82, 2.24) is 15.0 Å². The quantitative estimate of drug-likeness (QED) is 0.473. The van der Waals surface area contributed by atoms with Gasteiger partial charge in [-0.1, -0.05) is 23.4 Å². The number of fused-ring (bicyclic) bond motifs is 1. The summed E-state index contributed by atoms with van der Waals surface area (Å²) in [7, 11) is 0. The fourth-order valence-corrected chi connectivity index (χ4v) is 1.64. The van der Waals surface area contributed by atoms with E-state index in [0.717, 1.165) is 0 Å². The second kappa shape index (κ2) is 3.79. The molecule has 2 aromatic heterocycles. The first-order valence-corrected chi connectivity index (χ1v) is 5.55. The molecule has 0 atom stereocenters. The van der Waals surface area contributed by atoms with Crippen LogP contribution in [-0.4, -0.2) is 21.2 Å². The van der Waals surface area contributed by atoms with Crippen LogP contribution in [0, 0.1) is 5.82 Å². The summed E-state index contributed by atoms with van der Waals surface area (Å²) in [4.78, 5) is 11.6. The van der Waals surface area contributed by atoms with Crippen LogP contribution in [0.5, 0.6) is 0 Å². The van der Waals surface area contributed by atoms with Crippen molar-refractivity contribution in [3.05, 3.63) is 17.2 Å². The lowest BCUT2D eigenvalue weighted by Gasteiger charge is -2.04. The SMILES string of the molecule is CSc1nc(N)c2cnc(Cl)c(F)c2n1. The molecule has 0 fully saturated rings. The lowest BCUT2D eigenvalue weighted by atomic mass is 10.3. The molecule has 4 nitrogen and oxygen atoms in total. The number of pyridine rings is 1. The van der Waals surface area contributed by atoms with Crippen LogP contribution in [0.2, 0.25) is 5.15 Å². The molecule has 0 saturated heterocycles. The third kappa shape index (κ3) is 1.70. The second-order valence-electron chi connectivity index (χ2n) is 2.72. The summed E-state index contributed by atoms with van der Waals surface area (Å²) in [6.07, 6.45) is 3.14. The Morgan fingerprint density at radius 3 is 2.87 bits per heavy atom. The minimum absolute atomic E-state index is 0.104. The van der Waals surface area contributed by atoms with Crippen LogP contribution >= 0.6 is 23.4 Å². The number of anilines is 1. The van der Waals surface area contributed by atoms with E-state index in [4.69, 9.17) is 17.3 Å². The normalized spacial score (nSPS) is 10.9. The standard InChI is InChI=1S/C8H6ClFN4S/c1-15-8-13-5-3(7(11)14-8)2-12-6(9)4(5)10/h2H,1H3,(H2,11,13,14). The van der Waals surface area contributed by atoms with Gasteiger partial charge in [0.05, 0.1) is 5.39 Å². The van der Waals surface area contributed by atoms with Crippen molar-refractivity contribution in [2.24, 2.45) is 0 Å². The zero-order valence-corrected chi connectivity index (χ0v) is 9.23. The predicted molar refractivity (Wildman–Crippen MR) is 58.5 cm³/mol. The third-order valence-electron chi connectivity index (χ3n) is 1.83. The van der Waals surface area contributed by atoms with Crippen molar-refractivity contribution in [3.63, 3.8) is 0 Å². The van der Waals surface area contributed by atoms with Gasteiger partial charge in [-0.3, -0.25) is 0 Å². The first-order valence-electron chi connectivity index (χ1n) is 3.94. The van der Waals surface area contributed by atoms with E-state index in [0.29, 0.717) is 10.5 Å². The van der Waals surface area contributed by atoms with E-state index in [1.54, 1.807) is 6.26 Å². The summed E-state index contributed by atoms with van der Waals surface area (Å²) < 4.78 is 13.5. The van der Waals surface area contributed by atoms with Gasteiger partial charge in [0.2, 0.25) is 0 Å². The molecule has 2 heterocycles. The van der Waals surface area contributed by atoms with Gasteiger partial charge in [0, 0.05) is 6.20 Å². The first kappa shape index (κ1) is 10.4. The van der Waals surface area contributed by atoms with Crippen LogP contribution in [-0.2, 0) is 0 Å². The number of halogens is 2. The van der Waals surface area contributed by atoms with E-state index in [1.165, 1.54) is 18.0 Å². The summed E-state index contributed by atoms with van der Waals surface area (Å²) >= 11 is 6.82. The summed E-state index contributed by atoms with van der Waals surface area (Å²) in [5.74, 6) is -0.467. The number of nitrogen functional groups attached to an aromatic ring is 1.